The molecule has 5 nitrogen and oxygen atoms in total. The maximum absolute atomic E-state index is 12.9. The number of amides is 2. The Hall–Kier alpha value is -2.73. The molecule has 4 N–H and O–H groups in total. The van der Waals surface area contributed by atoms with Crippen molar-refractivity contribution in [2.24, 2.45) is 5.73 Å². The number of anilines is 2. The zero-order valence-electron chi connectivity index (χ0n) is 12.5. The molecule has 2 amide bonds. The highest BCUT2D eigenvalue weighted by Crippen LogP contribution is 2.22. The molecule has 120 valence electrons. The summed E-state index contributed by atoms with van der Waals surface area (Å²) in [6, 6.07) is 12.1. The summed E-state index contributed by atoms with van der Waals surface area (Å²) in [5.41, 5.74) is 6.69. The van der Waals surface area contributed by atoms with E-state index in [9.17, 15) is 14.0 Å². The largest absolute Gasteiger partial charge is 0.330 e. The molecule has 0 bridgehead atoms. The van der Waals surface area contributed by atoms with E-state index in [4.69, 9.17) is 5.73 Å². The predicted molar refractivity (Wildman–Crippen MR) is 87.7 cm³/mol. The van der Waals surface area contributed by atoms with Gasteiger partial charge in [-0.1, -0.05) is 12.1 Å². The molecule has 0 atom stereocenters. The standard InChI is InChI=1S/C17H18FN3O2/c18-13-9-7-12(8-10-13)17(23)21-15-5-2-1-4-14(15)20-16(22)6-3-11-19/h1-2,4-5,7-10H,3,6,11,19H2,(H,20,22)(H,21,23). The van der Waals surface area contributed by atoms with Crippen molar-refractivity contribution < 1.29 is 14.0 Å². The number of hydrogen-bond acceptors (Lipinski definition) is 3. The molecule has 0 radical (unpaired) electrons. The van der Waals surface area contributed by atoms with Crippen LogP contribution < -0.4 is 16.4 Å². The summed E-state index contributed by atoms with van der Waals surface area (Å²) in [7, 11) is 0. The van der Waals surface area contributed by atoms with Gasteiger partial charge in [-0.05, 0) is 49.4 Å². The van der Waals surface area contributed by atoms with E-state index in [2.05, 4.69) is 10.6 Å². The van der Waals surface area contributed by atoms with Crippen molar-refractivity contribution in [1.29, 1.82) is 0 Å². The van der Waals surface area contributed by atoms with Crippen LogP contribution in [0.5, 0.6) is 0 Å². The normalized spacial score (nSPS) is 10.2. The minimum absolute atomic E-state index is 0.168. The van der Waals surface area contributed by atoms with E-state index in [0.717, 1.165) is 0 Å². The minimum Gasteiger partial charge on any atom is -0.330 e. The molecule has 0 spiro atoms. The molecule has 0 aromatic heterocycles. The van der Waals surface area contributed by atoms with Crippen LogP contribution in [0.2, 0.25) is 0 Å². The van der Waals surface area contributed by atoms with Gasteiger partial charge in [0.1, 0.15) is 5.82 Å². The van der Waals surface area contributed by atoms with E-state index in [1.807, 2.05) is 0 Å². The first-order chi connectivity index (χ1) is 11.1. The maximum Gasteiger partial charge on any atom is 0.255 e. The number of benzene rings is 2. The van der Waals surface area contributed by atoms with E-state index in [1.165, 1.54) is 24.3 Å². The third-order valence-corrected chi connectivity index (χ3v) is 3.16. The molecular formula is C17H18FN3O2. The molecule has 0 fully saturated rings. The number of carbonyl (C=O) groups excluding carboxylic acids is 2. The molecule has 0 saturated carbocycles. The van der Waals surface area contributed by atoms with Crippen LogP contribution in [-0.2, 0) is 4.79 Å². The SMILES string of the molecule is NCCCC(=O)Nc1ccccc1NC(=O)c1ccc(F)cc1. The molecule has 2 aromatic carbocycles. The van der Waals surface area contributed by atoms with Gasteiger partial charge in [-0.3, -0.25) is 9.59 Å². The van der Waals surface area contributed by atoms with Gasteiger partial charge >= 0.3 is 0 Å². The zero-order valence-corrected chi connectivity index (χ0v) is 12.5. The van der Waals surface area contributed by atoms with Gasteiger partial charge in [0.2, 0.25) is 5.91 Å². The third-order valence-electron chi connectivity index (χ3n) is 3.16. The molecule has 23 heavy (non-hydrogen) atoms. The lowest BCUT2D eigenvalue weighted by Crippen LogP contribution is -2.17. The Balaban J connectivity index is 2.09. The molecule has 2 rings (SSSR count). The summed E-state index contributed by atoms with van der Waals surface area (Å²) < 4.78 is 12.9. The highest BCUT2D eigenvalue weighted by atomic mass is 19.1. The Kier molecular flexibility index (Phi) is 5.82. The highest BCUT2D eigenvalue weighted by molar-refractivity contribution is 6.07. The van der Waals surface area contributed by atoms with Crippen molar-refractivity contribution >= 4 is 23.2 Å². The van der Waals surface area contributed by atoms with Crippen molar-refractivity contribution in [3.05, 3.63) is 59.9 Å². The summed E-state index contributed by atoms with van der Waals surface area (Å²) in [4.78, 5) is 24.0. The second-order valence-corrected chi connectivity index (χ2v) is 4.95. The molecule has 6 heteroatoms. The van der Waals surface area contributed by atoms with Gasteiger partial charge in [0.25, 0.3) is 5.91 Å². The first kappa shape index (κ1) is 16.6. The predicted octanol–water partition coefficient (Wildman–Crippen LogP) is 2.76. The van der Waals surface area contributed by atoms with E-state index in [1.54, 1.807) is 24.3 Å². The van der Waals surface area contributed by atoms with Gasteiger partial charge in [0.05, 0.1) is 11.4 Å². The molecule has 0 aliphatic heterocycles. The summed E-state index contributed by atoms with van der Waals surface area (Å²) in [6.07, 6.45) is 0.909. The Morgan fingerprint density at radius 3 is 2.17 bits per heavy atom. The number of hydrogen-bond donors (Lipinski definition) is 3. The average molecular weight is 315 g/mol. The minimum atomic E-state index is -0.408. The highest BCUT2D eigenvalue weighted by Gasteiger charge is 2.10. The number of rotatable bonds is 6. The Bertz CT molecular complexity index is 686. The first-order valence-corrected chi connectivity index (χ1v) is 7.26. The van der Waals surface area contributed by atoms with Crippen LogP contribution in [0.1, 0.15) is 23.2 Å². The number of para-hydroxylation sites is 2. The summed E-state index contributed by atoms with van der Waals surface area (Å²) in [6.45, 7) is 0.441. The van der Waals surface area contributed by atoms with Crippen molar-refractivity contribution in [3.8, 4) is 0 Å². The van der Waals surface area contributed by atoms with Gasteiger partial charge in [0.15, 0.2) is 0 Å². The Morgan fingerprint density at radius 1 is 0.957 bits per heavy atom. The van der Waals surface area contributed by atoms with Crippen LogP contribution in [0.3, 0.4) is 0 Å². The van der Waals surface area contributed by atoms with Crippen molar-refractivity contribution in [2.45, 2.75) is 12.8 Å². The van der Waals surface area contributed by atoms with Crippen LogP contribution in [0.25, 0.3) is 0 Å². The second-order valence-electron chi connectivity index (χ2n) is 4.95. The van der Waals surface area contributed by atoms with Gasteiger partial charge in [-0.25, -0.2) is 4.39 Å². The topological polar surface area (TPSA) is 84.2 Å². The van der Waals surface area contributed by atoms with E-state index in [0.29, 0.717) is 36.3 Å². The monoisotopic (exact) mass is 315 g/mol. The molecule has 0 saturated heterocycles. The van der Waals surface area contributed by atoms with E-state index in [-0.39, 0.29) is 11.8 Å². The van der Waals surface area contributed by atoms with E-state index < -0.39 is 5.82 Å². The average Bonchev–Trinajstić information content (AvgIpc) is 2.55. The van der Waals surface area contributed by atoms with Crippen LogP contribution in [-0.4, -0.2) is 18.4 Å². The van der Waals surface area contributed by atoms with Crippen molar-refractivity contribution in [2.75, 3.05) is 17.2 Å². The molecule has 2 aromatic rings. The summed E-state index contributed by atoms with van der Waals surface area (Å²) in [5, 5.41) is 5.45. The Labute approximate surface area is 133 Å². The Morgan fingerprint density at radius 2 is 1.57 bits per heavy atom. The van der Waals surface area contributed by atoms with Crippen LogP contribution in [0, 0.1) is 5.82 Å². The summed E-state index contributed by atoms with van der Waals surface area (Å²) in [5.74, 6) is -0.957. The third kappa shape index (κ3) is 4.89. The smallest absolute Gasteiger partial charge is 0.255 e. The van der Waals surface area contributed by atoms with Gasteiger partial charge in [-0.2, -0.15) is 0 Å². The lowest BCUT2D eigenvalue weighted by atomic mass is 10.2. The molecule has 0 aliphatic carbocycles. The van der Waals surface area contributed by atoms with E-state index >= 15 is 0 Å². The quantitative estimate of drug-likeness (QED) is 0.766. The van der Waals surface area contributed by atoms with Gasteiger partial charge in [-0.15, -0.1) is 0 Å². The molecular weight excluding hydrogens is 297 g/mol. The molecule has 0 aliphatic rings. The fourth-order valence-electron chi connectivity index (χ4n) is 1.97. The van der Waals surface area contributed by atoms with Crippen LogP contribution in [0.15, 0.2) is 48.5 Å². The maximum atomic E-state index is 12.9. The fraction of sp³-hybridized carbons (Fsp3) is 0.176. The lowest BCUT2D eigenvalue weighted by Gasteiger charge is -2.12. The summed E-state index contributed by atoms with van der Waals surface area (Å²) >= 11 is 0. The molecule has 0 heterocycles. The van der Waals surface area contributed by atoms with Crippen LogP contribution in [0.4, 0.5) is 15.8 Å². The lowest BCUT2D eigenvalue weighted by molar-refractivity contribution is -0.116. The zero-order chi connectivity index (χ0) is 16.7. The van der Waals surface area contributed by atoms with Crippen LogP contribution >= 0.6 is 0 Å². The number of nitrogens with two attached hydrogens (primary N) is 1. The fourth-order valence-corrected chi connectivity index (χ4v) is 1.97. The first-order valence-electron chi connectivity index (χ1n) is 7.26. The van der Waals surface area contributed by atoms with Crippen molar-refractivity contribution in [1.82, 2.24) is 0 Å². The number of carbonyl (C=O) groups is 2. The van der Waals surface area contributed by atoms with Gasteiger partial charge < -0.3 is 16.4 Å². The van der Waals surface area contributed by atoms with Gasteiger partial charge in [0, 0.05) is 12.0 Å². The second kappa shape index (κ2) is 8.05. The van der Waals surface area contributed by atoms with Crippen molar-refractivity contribution in [3.63, 3.8) is 0 Å². The molecule has 0 unspecified atom stereocenters. The number of halogens is 1. The number of nitrogens with one attached hydrogen (secondary N) is 2.